The number of nitrogens with one attached hydrogen (secondary N) is 1. The molecule has 2 aromatic heterocycles. The van der Waals surface area contributed by atoms with Gasteiger partial charge >= 0.3 is 0 Å². The first-order chi connectivity index (χ1) is 15.0. The van der Waals surface area contributed by atoms with Crippen molar-refractivity contribution in [3.05, 3.63) is 66.1 Å². The number of hydroxylamine groups is 2. The molecule has 1 saturated heterocycles. The van der Waals surface area contributed by atoms with Gasteiger partial charge in [-0.05, 0) is 38.2 Å². The van der Waals surface area contributed by atoms with Crippen molar-refractivity contribution in [2.45, 2.75) is 26.4 Å². The maximum absolute atomic E-state index is 12.5. The molecule has 0 radical (unpaired) electrons. The number of piperazine rings is 1. The van der Waals surface area contributed by atoms with Gasteiger partial charge in [-0.3, -0.25) is 14.3 Å². The lowest BCUT2D eigenvalue weighted by Gasteiger charge is -2.37. The highest BCUT2D eigenvalue weighted by Crippen LogP contribution is 2.32. The van der Waals surface area contributed by atoms with Crippen LogP contribution in [0.15, 0.2) is 55.0 Å². The van der Waals surface area contributed by atoms with E-state index in [2.05, 4.69) is 65.0 Å². The molecule has 0 saturated carbocycles. The average Bonchev–Trinajstić information content (AvgIpc) is 3.26. The van der Waals surface area contributed by atoms with Crippen molar-refractivity contribution in [2.24, 2.45) is 0 Å². The number of rotatable bonds is 7. The van der Waals surface area contributed by atoms with E-state index in [1.807, 2.05) is 16.7 Å². The number of carbonyl (C=O) groups excluding carboxylic acids is 1. The van der Waals surface area contributed by atoms with Gasteiger partial charge in [0.25, 0.3) is 5.91 Å². The van der Waals surface area contributed by atoms with Crippen molar-refractivity contribution in [3.8, 4) is 0 Å². The first-order valence-electron chi connectivity index (χ1n) is 10.7. The zero-order chi connectivity index (χ0) is 21.8. The number of nitrogens with zero attached hydrogens (tertiary/aromatic N) is 4. The molecule has 31 heavy (non-hydrogen) atoms. The number of hydrogen-bond donors (Lipinski definition) is 1. The molecular weight excluding hydrogens is 409 g/mol. The van der Waals surface area contributed by atoms with Crippen molar-refractivity contribution in [1.82, 2.24) is 24.7 Å². The van der Waals surface area contributed by atoms with Crippen LogP contribution in [0.5, 0.6) is 0 Å². The molecule has 0 aliphatic carbocycles. The molecule has 0 spiro atoms. The molecule has 0 bridgehead atoms. The van der Waals surface area contributed by atoms with Crippen LogP contribution in [0, 0.1) is 0 Å². The van der Waals surface area contributed by atoms with Crippen LogP contribution < -0.4 is 10.6 Å². The zero-order valence-electron chi connectivity index (χ0n) is 18.4. The molecule has 1 aromatic carbocycles. The number of carbonyl (C=O) groups is 1. The van der Waals surface area contributed by atoms with Crippen LogP contribution in [0.4, 0.5) is 0 Å². The lowest BCUT2D eigenvalue weighted by molar-refractivity contribution is -0.0822. The molecule has 3 aromatic rings. The Kier molecular flexibility index (Phi) is 6.98. The van der Waals surface area contributed by atoms with Crippen LogP contribution in [0.3, 0.4) is 0 Å². The number of benzene rings is 1. The second-order valence-electron chi connectivity index (χ2n) is 8.10. The minimum atomic E-state index is -0.699. The number of amides is 1. The van der Waals surface area contributed by atoms with E-state index in [1.165, 1.54) is 5.30 Å². The molecule has 1 fully saturated rings. The number of hydrogen-bond acceptors (Lipinski definition) is 5. The minimum absolute atomic E-state index is 0.0960. The molecule has 7 nitrogen and oxygen atoms in total. The Labute approximate surface area is 184 Å². The minimum Gasteiger partial charge on any atom is -0.348 e. The molecule has 1 aliphatic rings. The third-order valence-corrected chi connectivity index (χ3v) is 7.15. The molecule has 1 N–H and O–H groups in total. The summed E-state index contributed by atoms with van der Waals surface area (Å²) in [6.07, 6.45) is 5.35. The van der Waals surface area contributed by atoms with E-state index in [1.54, 1.807) is 18.5 Å². The molecule has 8 heteroatoms. The van der Waals surface area contributed by atoms with Crippen molar-refractivity contribution < 1.29 is 9.42 Å². The van der Waals surface area contributed by atoms with Gasteiger partial charge in [0.1, 0.15) is 5.65 Å². The summed E-state index contributed by atoms with van der Waals surface area (Å²) in [5.74, 6) is -0.0960. The fraction of sp³-hybridized carbons (Fsp3) is 0.391. The van der Waals surface area contributed by atoms with E-state index < -0.39 is 8.15 Å². The van der Waals surface area contributed by atoms with Gasteiger partial charge in [0.15, 0.2) is 0 Å². The van der Waals surface area contributed by atoms with E-state index in [0.29, 0.717) is 18.2 Å². The van der Waals surface area contributed by atoms with Crippen LogP contribution in [-0.4, -0.2) is 64.1 Å². The monoisotopic (exact) mass is 439 g/mol. The van der Waals surface area contributed by atoms with Crippen LogP contribution in [0.1, 0.15) is 29.8 Å². The van der Waals surface area contributed by atoms with E-state index in [-0.39, 0.29) is 5.91 Å². The van der Waals surface area contributed by atoms with Gasteiger partial charge in [0, 0.05) is 62.7 Å². The van der Waals surface area contributed by atoms with Crippen LogP contribution in [-0.2, 0) is 11.2 Å². The van der Waals surface area contributed by atoms with E-state index in [4.69, 9.17) is 4.62 Å². The van der Waals surface area contributed by atoms with E-state index in [9.17, 15) is 4.79 Å². The summed E-state index contributed by atoms with van der Waals surface area (Å²) in [4.78, 5) is 19.2. The van der Waals surface area contributed by atoms with Crippen molar-refractivity contribution in [3.63, 3.8) is 0 Å². The molecule has 164 valence electrons. The Morgan fingerprint density at radius 1 is 1.13 bits per heavy atom. The molecule has 4 rings (SSSR count). The third-order valence-electron chi connectivity index (χ3n) is 5.65. The van der Waals surface area contributed by atoms with E-state index in [0.717, 1.165) is 37.4 Å². The number of aromatic nitrogens is 2. The summed E-state index contributed by atoms with van der Waals surface area (Å²) in [6.45, 7) is 11.1. The smallest absolute Gasteiger partial charge is 0.253 e. The maximum Gasteiger partial charge on any atom is 0.253 e. The average molecular weight is 440 g/mol. The van der Waals surface area contributed by atoms with Gasteiger partial charge in [0.2, 0.25) is 0 Å². The normalized spacial score (nSPS) is 16.6. The van der Waals surface area contributed by atoms with Crippen LogP contribution in [0.25, 0.3) is 5.65 Å². The Bertz CT molecular complexity index is 1010. The Morgan fingerprint density at radius 3 is 2.58 bits per heavy atom. The first-order valence-corrected chi connectivity index (χ1v) is 12.4. The zero-order valence-corrected chi connectivity index (χ0v) is 19.3. The summed E-state index contributed by atoms with van der Waals surface area (Å²) in [7, 11) is -0.699. The predicted molar refractivity (Wildman–Crippen MR) is 125 cm³/mol. The summed E-state index contributed by atoms with van der Waals surface area (Å²) >= 11 is 0. The van der Waals surface area contributed by atoms with Crippen molar-refractivity contribution in [1.29, 1.82) is 0 Å². The topological polar surface area (TPSA) is 62.1 Å². The van der Waals surface area contributed by atoms with Crippen molar-refractivity contribution >= 4 is 25.0 Å². The van der Waals surface area contributed by atoms with Gasteiger partial charge in [-0.1, -0.05) is 24.3 Å². The molecule has 1 amide bonds. The standard InChI is InChI=1S/C23H30N5O2P/c1-18(2)26-12-14-28(15-13-26)30-31(3)21-7-4-19(5-8-21)16-25-23(29)20-6-9-22-24-10-11-27(22)17-20/h4-11,17-18H,12-16H2,1-3H3,(H,25,29). The number of pyridine rings is 1. The fourth-order valence-corrected chi connectivity index (χ4v) is 4.86. The van der Waals surface area contributed by atoms with Gasteiger partial charge < -0.3 is 9.72 Å². The van der Waals surface area contributed by atoms with Gasteiger partial charge in [-0.25, -0.2) is 4.98 Å². The van der Waals surface area contributed by atoms with Crippen LogP contribution >= 0.6 is 8.15 Å². The highest BCUT2D eigenvalue weighted by molar-refractivity contribution is 7.60. The Morgan fingerprint density at radius 2 is 1.87 bits per heavy atom. The first kappa shape index (κ1) is 21.9. The molecule has 3 heterocycles. The fourth-order valence-electron chi connectivity index (χ4n) is 3.68. The summed E-state index contributed by atoms with van der Waals surface area (Å²) < 4.78 is 8.07. The summed E-state index contributed by atoms with van der Waals surface area (Å²) in [5, 5.41) is 6.29. The summed E-state index contributed by atoms with van der Waals surface area (Å²) in [5.41, 5.74) is 2.51. The van der Waals surface area contributed by atoms with Crippen molar-refractivity contribution in [2.75, 3.05) is 32.8 Å². The molecule has 1 atom stereocenters. The highest BCUT2D eigenvalue weighted by atomic mass is 31.1. The lowest BCUT2D eigenvalue weighted by Crippen LogP contribution is -2.48. The maximum atomic E-state index is 12.5. The number of imidazole rings is 1. The highest BCUT2D eigenvalue weighted by Gasteiger charge is 2.21. The Hall–Kier alpha value is -2.31. The molecular formula is C23H30N5O2P. The Balaban J connectivity index is 1.27. The lowest BCUT2D eigenvalue weighted by atomic mass is 10.2. The molecule has 1 unspecified atom stereocenters. The van der Waals surface area contributed by atoms with Gasteiger partial charge in [0.05, 0.1) is 13.7 Å². The van der Waals surface area contributed by atoms with Crippen LogP contribution in [0.2, 0.25) is 0 Å². The van der Waals surface area contributed by atoms with Gasteiger partial charge in [-0.15, -0.1) is 0 Å². The van der Waals surface area contributed by atoms with E-state index >= 15 is 0 Å². The second-order valence-corrected chi connectivity index (χ2v) is 9.77. The number of fused-ring (bicyclic) bond motifs is 1. The summed E-state index contributed by atoms with van der Waals surface area (Å²) in [6, 6.07) is 12.6. The third kappa shape index (κ3) is 5.49. The second kappa shape index (κ2) is 9.88. The van der Waals surface area contributed by atoms with Gasteiger partial charge in [-0.2, -0.15) is 5.06 Å². The largest absolute Gasteiger partial charge is 0.348 e. The molecule has 1 aliphatic heterocycles. The quantitative estimate of drug-likeness (QED) is 0.574. The SMILES string of the molecule is CC(C)N1CCN(OP(C)c2ccc(CNC(=O)c3ccc4nccn4c3)cc2)CC1. The predicted octanol–water partition coefficient (Wildman–Crippen LogP) is 2.87.